The van der Waals surface area contributed by atoms with E-state index in [2.05, 4.69) is 41.7 Å². The van der Waals surface area contributed by atoms with Gasteiger partial charge >= 0.3 is 0 Å². The van der Waals surface area contributed by atoms with E-state index in [-0.39, 0.29) is 11.3 Å². The second kappa shape index (κ2) is 11.8. The molecule has 3 aromatic rings. The monoisotopic (exact) mass is 520 g/mol. The third kappa shape index (κ3) is 7.08. The van der Waals surface area contributed by atoms with Crippen molar-refractivity contribution in [3.63, 3.8) is 0 Å². The summed E-state index contributed by atoms with van der Waals surface area (Å²) in [5.74, 6) is 0.565. The van der Waals surface area contributed by atoms with Crippen LogP contribution in [0, 0.1) is 5.92 Å². The smallest absolute Gasteiger partial charge is 0.259 e. The van der Waals surface area contributed by atoms with Crippen LogP contribution in [0.15, 0.2) is 60.8 Å². The molecule has 2 heterocycles. The largest absolute Gasteiger partial charge is 0.492 e. The van der Waals surface area contributed by atoms with E-state index in [0.29, 0.717) is 45.9 Å². The van der Waals surface area contributed by atoms with Gasteiger partial charge in [-0.2, -0.15) is 0 Å². The standard InChI is InChI=1S/C29H33ClN4O3/c1-29(2,3)20-10-12-23(25(15-20)37-18-19-7-6-14-31-16-19)28(36)33-24-9-5-4-8-22(24)27(35)34-26-13-11-21(30)17-32-26/h4-5,8-13,15,17,19,31H,6-7,14,16,18H2,1-3H3,(H,33,36)(H,32,34,35). The Hall–Kier alpha value is -3.42. The van der Waals surface area contributed by atoms with Crippen molar-refractivity contribution in [1.82, 2.24) is 10.3 Å². The first-order valence-electron chi connectivity index (χ1n) is 12.5. The van der Waals surface area contributed by atoms with Gasteiger partial charge in [0, 0.05) is 18.7 Å². The molecular weight excluding hydrogens is 488 g/mol. The highest BCUT2D eigenvalue weighted by Gasteiger charge is 2.22. The lowest BCUT2D eigenvalue weighted by molar-refractivity contribution is 0.102. The average molecular weight is 521 g/mol. The van der Waals surface area contributed by atoms with E-state index >= 15 is 0 Å². The summed E-state index contributed by atoms with van der Waals surface area (Å²) in [6, 6.07) is 15.8. The number of carbonyl (C=O) groups is 2. The zero-order chi connectivity index (χ0) is 26.4. The van der Waals surface area contributed by atoms with Gasteiger partial charge in [-0.05, 0) is 66.8 Å². The topological polar surface area (TPSA) is 92.4 Å². The number of anilines is 2. The molecule has 1 unspecified atom stereocenters. The molecule has 194 valence electrons. The fourth-order valence-electron chi connectivity index (χ4n) is 4.18. The third-order valence-electron chi connectivity index (χ3n) is 6.35. The molecule has 1 aliphatic rings. The minimum atomic E-state index is -0.393. The first kappa shape index (κ1) is 26.6. The zero-order valence-corrected chi connectivity index (χ0v) is 22.2. The van der Waals surface area contributed by atoms with Gasteiger partial charge in [-0.25, -0.2) is 4.98 Å². The molecule has 0 bridgehead atoms. The number of carbonyl (C=O) groups excluding carboxylic acids is 2. The highest BCUT2D eigenvalue weighted by molar-refractivity contribution is 6.30. The molecule has 1 aliphatic heterocycles. The number of rotatable bonds is 7. The first-order valence-corrected chi connectivity index (χ1v) is 12.9. The number of halogens is 1. The molecule has 4 rings (SSSR count). The van der Waals surface area contributed by atoms with Crippen molar-refractivity contribution in [3.05, 3.63) is 82.5 Å². The van der Waals surface area contributed by atoms with Gasteiger partial charge in [0.2, 0.25) is 0 Å². The zero-order valence-electron chi connectivity index (χ0n) is 21.4. The molecule has 0 saturated carbocycles. The number of nitrogens with one attached hydrogen (secondary N) is 3. The van der Waals surface area contributed by atoms with Gasteiger partial charge in [-0.1, -0.05) is 50.6 Å². The van der Waals surface area contributed by atoms with Gasteiger partial charge in [0.05, 0.1) is 28.4 Å². The summed E-state index contributed by atoms with van der Waals surface area (Å²) in [4.78, 5) is 30.5. The molecule has 2 amide bonds. The summed E-state index contributed by atoms with van der Waals surface area (Å²) in [6.45, 7) is 8.86. The van der Waals surface area contributed by atoms with Crippen LogP contribution in [-0.4, -0.2) is 36.5 Å². The predicted molar refractivity (Wildman–Crippen MR) is 148 cm³/mol. The van der Waals surface area contributed by atoms with Crippen LogP contribution >= 0.6 is 11.6 Å². The number of hydrogen-bond acceptors (Lipinski definition) is 5. The number of para-hydroxylation sites is 1. The Morgan fingerprint density at radius 2 is 1.84 bits per heavy atom. The lowest BCUT2D eigenvalue weighted by Crippen LogP contribution is -2.33. The Morgan fingerprint density at radius 3 is 2.54 bits per heavy atom. The number of benzene rings is 2. The van der Waals surface area contributed by atoms with Crippen LogP contribution < -0.4 is 20.7 Å². The van der Waals surface area contributed by atoms with Crippen LogP contribution in [0.4, 0.5) is 11.5 Å². The minimum absolute atomic E-state index is 0.0973. The first-order chi connectivity index (χ1) is 17.7. The lowest BCUT2D eigenvalue weighted by atomic mass is 9.86. The SMILES string of the molecule is CC(C)(C)c1ccc(C(=O)Nc2ccccc2C(=O)Nc2ccc(Cl)cn2)c(OCC2CCCNC2)c1. The maximum absolute atomic E-state index is 13.5. The molecule has 8 heteroatoms. The summed E-state index contributed by atoms with van der Waals surface area (Å²) >= 11 is 5.88. The molecule has 0 radical (unpaired) electrons. The Kier molecular flexibility index (Phi) is 8.46. The number of hydrogen-bond donors (Lipinski definition) is 3. The van der Waals surface area contributed by atoms with Gasteiger partial charge in [-0.3, -0.25) is 9.59 Å². The number of nitrogens with zero attached hydrogens (tertiary/aromatic N) is 1. The van der Waals surface area contributed by atoms with Crippen LogP contribution in [-0.2, 0) is 5.41 Å². The molecule has 0 spiro atoms. The molecule has 2 aromatic carbocycles. The Morgan fingerprint density at radius 1 is 1.05 bits per heavy atom. The molecule has 3 N–H and O–H groups in total. The molecule has 0 aliphatic carbocycles. The Bertz CT molecular complexity index is 1250. The number of pyridine rings is 1. The van der Waals surface area contributed by atoms with Gasteiger partial charge in [-0.15, -0.1) is 0 Å². The fourth-order valence-corrected chi connectivity index (χ4v) is 4.29. The number of ether oxygens (including phenoxy) is 1. The van der Waals surface area contributed by atoms with Crippen LogP contribution in [0.2, 0.25) is 5.02 Å². The molecule has 7 nitrogen and oxygen atoms in total. The van der Waals surface area contributed by atoms with E-state index in [0.717, 1.165) is 31.5 Å². The number of piperidine rings is 1. The molecule has 1 aromatic heterocycles. The number of amides is 2. The van der Waals surface area contributed by atoms with E-state index in [9.17, 15) is 9.59 Å². The van der Waals surface area contributed by atoms with E-state index in [1.54, 1.807) is 42.5 Å². The van der Waals surface area contributed by atoms with Gasteiger partial charge in [0.15, 0.2) is 0 Å². The van der Waals surface area contributed by atoms with E-state index < -0.39 is 5.91 Å². The van der Waals surface area contributed by atoms with Gasteiger partial charge in [0.25, 0.3) is 11.8 Å². The molecule has 1 atom stereocenters. The van der Waals surface area contributed by atoms with Crippen LogP contribution in [0.1, 0.15) is 59.9 Å². The van der Waals surface area contributed by atoms with E-state index in [1.807, 2.05) is 12.1 Å². The van der Waals surface area contributed by atoms with Crippen LogP contribution in [0.3, 0.4) is 0 Å². The molecule has 37 heavy (non-hydrogen) atoms. The van der Waals surface area contributed by atoms with Gasteiger partial charge < -0.3 is 20.7 Å². The van der Waals surface area contributed by atoms with Crippen LogP contribution in [0.5, 0.6) is 5.75 Å². The highest BCUT2D eigenvalue weighted by atomic mass is 35.5. The summed E-state index contributed by atoms with van der Waals surface area (Å²) < 4.78 is 6.24. The molecular formula is C29H33ClN4O3. The average Bonchev–Trinajstić information content (AvgIpc) is 2.89. The Labute approximate surface area is 223 Å². The second-order valence-electron chi connectivity index (χ2n) is 10.3. The third-order valence-corrected chi connectivity index (χ3v) is 6.58. The maximum atomic E-state index is 13.5. The van der Waals surface area contributed by atoms with E-state index in [1.165, 1.54) is 6.20 Å². The minimum Gasteiger partial charge on any atom is -0.492 e. The maximum Gasteiger partial charge on any atom is 0.259 e. The lowest BCUT2D eigenvalue weighted by Gasteiger charge is -2.25. The highest BCUT2D eigenvalue weighted by Crippen LogP contribution is 2.30. The van der Waals surface area contributed by atoms with Crippen molar-refractivity contribution in [1.29, 1.82) is 0 Å². The van der Waals surface area contributed by atoms with E-state index in [4.69, 9.17) is 16.3 Å². The van der Waals surface area contributed by atoms with Crippen molar-refractivity contribution >= 4 is 34.9 Å². The van der Waals surface area contributed by atoms with Crippen molar-refractivity contribution in [2.45, 2.75) is 39.0 Å². The Balaban J connectivity index is 1.55. The van der Waals surface area contributed by atoms with Crippen molar-refractivity contribution in [2.75, 3.05) is 30.3 Å². The summed E-state index contributed by atoms with van der Waals surface area (Å²) in [5.41, 5.74) is 2.11. The summed E-state index contributed by atoms with van der Waals surface area (Å²) in [6.07, 6.45) is 3.67. The summed E-state index contributed by atoms with van der Waals surface area (Å²) in [5, 5.41) is 9.52. The summed E-state index contributed by atoms with van der Waals surface area (Å²) in [7, 11) is 0. The van der Waals surface area contributed by atoms with Crippen molar-refractivity contribution in [2.24, 2.45) is 5.92 Å². The number of aromatic nitrogens is 1. The fraction of sp³-hybridized carbons (Fsp3) is 0.345. The van der Waals surface area contributed by atoms with Crippen molar-refractivity contribution in [3.8, 4) is 5.75 Å². The van der Waals surface area contributed by atoms with Gasteiger partial charge in [0.1, 0.15) is 11.6 Å². The normalized spacial score (nSPS) is 15.6. The van der Waals surface area contributed by atoms with Crippen molar-refractivity contribution < 1.29 is 14.3 Å². The van der Waals surface area contributed by atoms with Crippen LogP contribution in [0.25, 0.3) is 0 Å². The molecule has 1 fully saturated rings. The predicted octanol–water partition coefficient (Wildman–Crippen LogP) is 5.92. The second-order valence-corrected chi connectivity index (χ2v) is 10.7. The quantitative estimate of drug-likeness (QED) is 0.360. The molecule has 1 saturated heterocycles.